The van der Waals surface area contributed by atoms with Crippen molar-refractivity contribution in [1.29, 1.82) is 0 Å². The maximum atomic E-state index is 12.8. The predicted octanol–water partition coefficient (Wildman–Crippen LogP) is 4.25. The SMILES string of the molecule is Cc1ccc(NS(=O)(=O)c2ccccc2)cc1S(=O)(=O)Nc1ccccc1Cl. The zero-order valence-corrected chi connectivity index (χ0v) is 17.1. The maximum Gasteiger partial charge on any atom is 0.262 e. The molecule has 0 heterocycles. The lowest BCUT2D eigenvalue weighted by atomic mass is 10.2. The van der Waals surface area contributed by atoms with Gasteiger partial charge >= 0.3 is 0 Å². The van der Waals surface area contributed by atoms with Crippen LogP contribution in [-0.4, -0.2) is 16.8 Å². The van der Waals surface area contributed by atoms with E-state index < -0.39 is 20.0 Å². The molecule has 3 aromatic carbocycles. The lowest BCUT2D eigenvalue weighted by Crippen LogP contribution is -2.16. The average Bonchev–Trinajstić information content (AvgIpc) is 2.65. The van der Waals surface area contributed by atoms with E-state index in [1.807, 2.05) is 0 Å². The molecule has 0 radical (unpaired) electrons. The summed E-state index contributed by atoms with van der Waals surface area (Å²) in [6.07, 6.45) is 0. The molecule has 9 heteroatoms. The summed E-state index contributed by atoms with van der Waals surface area (Å²) in [5.41, 5.74) is 0.829. The molecule has 0 spiro atoms. The number of nitrogens with one attached hydrogen (secondary N) is 2. The van der Waals surface area contributed by atoms with Crippen molar-refractivity contribution in [3.8, 4) is 0 Å². The third-order valence-electron chi connectivity index (χ3n) is 3.90. The summed E-state index contributed by atoms with van der Waals surface area (Å²) in [4.78, 5) is 0.0230. The van der Waals surface area contributed by atoms with Gasteiger partial charge in [0.15, 0.2) is 0 Å². The van der Waals surface area contributed by atoms with Crippen LogP contribution in [0.3, 0.4) is 0 Å². The molecular weight excluding hydrogens is 420 g/mol. The van der Waals surface area contributed by atoms with E-state index in [0.29, 0.717) is 5.56 Å². The number of benzene rings is 3. The number of hydrogen-bond donors (Lipinski definition) is 2. The van der Waals surface area contributed by atoms with Gasteiger partial charge in [-0.25, -0.2) is 16.8 Å². The largest absolute Gasteiger partial charge is 0.280 e. The molecule has 0 fully saturated rings. The van der Waals surface area contributed by atoms with Crippen LogP contribution in [0.2, 0.25) is 5.02 Å². The van der Waals surface area contributed by atoms with E-state index >= 15 is 0 Å². The Labute approximate surface area is 169 Å². The maximum absolute atomic E-state index is 12.8. The predicted molar refractivity (Wildman–Crippen MR) is 111 cm³/mol. The molecule has 6 nitrogen and oxygen atoms in total. The van der Waals surface area contributed by atoms with Gasteiger partial charge < -0.3 is 0 Å². The normalized spacial score (nSPS) is 11.8. The van der Waals surface area contributed by atoms with Gasteiger partial charge in [-0.1, -0.05) is 48.0 Å². The van der Waals surface area contributed by atoms with Crippen LogP contribution in [0.15, 0.2) is 82.6 Å². The van der Waals surface area contributed by atoms with Gasteiger partial charge in [0.25, 0.3) is 20.0 Å². The number of rotatable bonds is 6. The fourth-order valence-electron chi connectivity index (χ4n) is 2.51. The molecule has 0 saturated heterocycles. The van der Waals surface area contributed by atoms with Gasteiger partial charge in [0.2, 0.25) is 0 Å². The standard InChI is InChI=1S/C19H17ClN2O4S2/c1-14-11-12-15(21-27(23,24)16-7-3-2-4-8-16)13-19(14)28(25,26)22-18-10-6-5-9-17(18)20/h2-13,21-22H,1H3. The second-order valence-corrected chi connectivity index (χ2v) is 9.72. The smallest absolute Gasteiger partial charge is 0.262 e. The second kappa shape index (κ2) is 7.83. The number of hydrogen-bond acceptors (Lipinski definition) is 4. The van der Waals surface area contributed by atoms with Crippen LogP contribution in [0.1, 0.15) is 5.56 Å². The summed E-state index contributed by atoms with van der Waals surface area (Å²) < 4.78 is 55.4. The fourth-order valence-corrected chi connectivity index (χ4v) is 5.17. The van der Waals surface area contributed by atoms with Gasteiger partial charge in [0.1, 0.15) is 0 Å². The molecule has 2 N–H and O–H groups in total. The van der Waals surface area contributed by atoms with Crippen molar-refractivity contribution in [2.24, 2.45) is 0 Å². The number of aryl methyl sites for hydroxylation is 1. The molecular formula is C19H17ClN2O4S2. The van der Waals surface area contributed by atoms with Gasteiger partial charge in [-0.2, -0.15) is 0 Å². The molecule has 0 unspecified atom stereocenters. The number of sulfonamides is 2. The van der Waals surface area contributed by atoms with Crippen LogP contribution < -0.4 is 9.44 Å². The molecule has 0 aliphatic rings. The van der Waals surface area contributed by atoms with Crippen molar-refractivity contribution < 1.29 is 16.8 Å². The summed E-state index contributed by atoms with van der Waals surface area (Å²) in [5, 5.41) is 0.254. The van der Waals surface area contributed by atoms with E-state index in [4.69, 9.17) is 11.6 Å². The topological polar surface area (TPSA) is 92.3 Å². The van der Waals surface area contributed by atoms with Gasteiger partial charge in [0, 0.05) is 0 Å². The summed E-state index contributed by atoms with van der Waals surface area (Å²) in [6, 6.07) is 18.6. The summed E-state index contributed by atoms with van der Waals surface area (Å²) in [6.45, 7) is 1.62. The summed E-state index contributed by atoms with van der Waals surface area (Å²) in [5.74, 6) is 0. The van der Waals surface area contributed by atoms with E-state index in [1.54, 1.807) is 43.3 Å². The molecule has 0 aliphatic heterocycles. The zero-order valence-electron chi connectivity index (χ0n) is 14.8. The third kappa shape index (κ3) is 4.46. The lowest BCUT2D eigenvalue weighted by molar-refractivity contribution is 0.598. The van der Waals surface area contributed by atoms with Crippen molar-refractivity contribution in [1.82, 2.24) is 0 Å². The highest BCUT2D eigenvalue weighted by Crippen LogP contribution is 2.27. The minimum atomic E-state index is -3.98. The van der Waals surface area contributed by atoms with Crippen LogP contribution in [-0.2, 0) is 20.0 Å². The highest BCUT2D eigenvalue weighted by atomic mass is 35.5. The van der Waals surface area contributed by atoms with Crippen LogP contribution >= 0.6 is 11.6 Å². The van der Waals surface area contributed by atoms with Crippen LogP contribution in [0, 0.1) is 6.92 Å². The van der Waals surface area contributed by atoms with E-state index in [0.717, 1.165) is 0 Å². The van der Waals surface area contributed by atoms with Crippen LogP contribution in [0.25, 0.3) is 0 Å². The molecule has 3 aromatic rings. The Kier molecular flexibility index (Phi) is 5.64. The van der Waals surface area contributed by atoms with Crippen molar-refractivity contribution in [2.75, 3.05) is 9.44 Å². The van der Waals surface area contributed by atoms with Crippen LogP contribution in [0.4, 0.5) is 11.4 Å². The Morgan fingerprint density at radius 2 is 1.39 bits per heavy atom. The molecule has 0 atom stereocenters. The van der Waals surface area contributed by atoms with E-state index in [2.05, 4.69) is 9.44 Å². The molecule has 0 bridgehead atoms. The summed E-state index contributed by atoms with van der Waals surface area (Å²) >= 11 is 6.03. The molecule has 28 heavy (non-hydrogen) atoms. The fraction of sp³-hybridized carbons (Fsp3) is 0.0526. The van der Waals surface area contributed by atoms with Gasteiger partial charge in [-0.15, -0.1) is 0 Å². The van der Waals surface area contributed by atoms with E-state index in [-0.39, 0.29) is 26.2 Å². The Morgan fingerprint density at radius 1 is 0.750 bits per heavy atom. The quantitative estimate of drug-likeness (QED) is 0.604. The summed E-state index contributed by atoms with van der Waals surface area (Å²) in [7, 11) is -7.82. The molecule has 146 valence electrons. The molecule has 0 saturated carbocycles. The zero-order chi connectivity index (χ0) is 20.4. The minimum Gasteiger partial charge on any atom is -0.280 e. The number of halogens is 1. The molecule has 0 aromatic heterocycles. The first-order valence-electron chi connectivity index (χ1n) is 8.15. The second-order valence-electron chi connectivity index (χ2n) is 5.98. The monoisotopic (exact) mass is 436 g/mol. The first kappa shape index (κ1) is 20.2. The first-order chi connectivity index (χ1) is 13.2. The van der Waals surface area contributed by atoms with Crippen molar-refractivity contribution >= 4 is 43.0 Å². The highest BCUT2D eigenvalue weighted by molar-refractivity contribution is 7.93. The number of anilines is 2. The lowest BCUT2D eigenvalue weighted by Gasteiger charge is -2.14. The Bertz CT molecular complexity index is 1210. The van der Waals surface area contributed by atoms with Crippen molar-refractivity contribution in [3.63, 3.8) is 0 Å². The van der Waals surface area contributed by atoms with Gasteiger partial charge in [-0.3, -0.25) is 9.44 Å². The van der Waals surface area contributed by atoms with E-state index in [1.165, 1.54) is 36.4 Å². The molecule has 0 aliphatic carbocycles. The number of para-hydroxylation sites is 1. The van der Waals surface area contributed by atoms with Gasteiger partial charge in [0.05, 0.1) is 26.2 Å². The van der Waals surface area contributed by atoms with Gasteiger partial charge in [-0.05, 0) is 48.9 Å². The Morgan fingerprint density at radius 3 is 2.07 bits per heavy atom. The highest BCUT2D eigenvalue weighted by Gasteiger charge is 2.20. The third-order valence-corrected chi connectivity index (χ3v) is 7.14. The van der Waals surface area contributed by atoms with E-state index in [9.17, 15) is 16.8 Å². The molecule has 0 amide bonds. The Balaban J connectivity index is 1.94. The van der Waals surface area contributed by atoms with Crippen molar-refractivity contribution in [2.45, 2.75) is 16.7 Å². The Hall–Kier alpha value is -2.55. The van der Waals surface area contributed by atoms with Crippen molar-refractivity contribution in [3.05, 3.63) is 83.4 Å². The van der Waals surface area contributed by atoms with Crippen LogP contribution in [0.5, 0.6) is 0 Å². The average molecular weight is 437 g/mol. The molecule has 3 rings (SSSR count). The first-order valence-corrected chi connectivity index (χ1v) is 11.5. The minimum absolute atomic E-state index is 0.0549.